The van der Waals surface area contributed by atoms with Crippen molar-refractivity contribution in [3.05, 3.63) is 52.7 Å². The highest BCUT2D eigenvalue weighted by atomic mass is 32.2. The van der Waals surface area contributed by atoms with E-state index in [1.54, 1.807) is 4.68 Å². The van der Waals surface area contributed by atoms with Crippen LogP contribution in [-0.4, -0.2) is 93.2 Å². The molecule has 0 radical (unpaired) electrons. The summed E-state index contributed by atoms with van der Waals surface area (Å²) < 4.78 is 36.7. The van der Waals surface area contributed by atoms with Crippen molar-refractivity contribution in [2.75, 3.05) is 39.3 Å². The molecule has 2 aliphatic heterocycles. The van der Waals surface area contributed by atoms with E-state index in [1.165, 1.54) is 14.8 Å². The molecule has 0 aliphatic carbocycles. The summed E-state index contributed by atoms with van der Waals surface area (Å²) in [4.78, 5) is 22.3. The summed E-state index contributed by atoms with van der Waals surface area (Å²) in [5.74, 6) is 0.530. The quantitative estimate of drug-likeness (QED) is 0.560. The summed E-state index contributed by atoms with van der Waals surface area (Å²) in [6, 6.07) is 9.54. The lowest BCUT2D eigenvalue weighted by Crippen LogP contribution is -2.57. The van der Waals surface area contributed by atoms with E-state index in [4.69, 9.17) is 4.74 Å². The van der Waals surface area contributed by atoms with Crippen LogP contribution in [0.2, 0.25) is 0 Å². The number of aromatic nitrogens is 4. The van der Waals surface area contributed by atoms with E-state index >= 15 is 0 Å². The van der Waals surface area contributed by atoms with Crippen LogP contribution in [0, 0.1) is 0 Å². The summed E-state index contributed by atoms with van der Waals surface area (Å²) >= 11 is 0. The maximum atomic E-state index is 13.1. The van der Waals surface area contributed by atoms with Gasteiger partial charge in [-0.05, 0) is 26.0 Å². The Morgan fingerprint density at radius 3 is 2.38 bits per heavy atom. The Kier molecular flexibility index (Phi) is 6.25. The SMILES string of the molecule is C[C@@H]1CN(S(=O)(=O)N2CCN(Cc3nc4c(cnn4-c4ccccc4)c(=O)[nH]3)CC2)C[C@H](C)O1. The number of para-hydroxylation sites is 1. The van der Waals surface area contributed by atoms with E-state index in [9.17, 15) is 13.2 Å². The zero-order valence-electron chi connectivity index (χ0n) is 19.3. The van der Waals surface area contributed by atoms with Crippen molar-refractivity contribution in [1.82, 2.24) is 33.3 Å². The van der Waals surface area contributed by atoms with Crippen molar-refractivity contribution in [3.8, 4) is 5.69 Å². The molecule has 2 saturated heterocycles. The number of nitrogens with zero attached hydrogens (tertiary/aromatic N) is 6. The van der Waals surface area contributed by atoms with Crippen LogP contribution in [-0.2, 0) is 21.5 Å². The Morgan fingerprint density at radius 2 is 1.71 bits per heavy atom. The van der Waals surface area contributed by atoms with Gasteiger partial charge in [-0.2, -0.15) is 22.1 Å². The van der Waals surface area contributed by atoms with E-state index in [2.05, 4.69) is 20.0 Å². The van der Waals surface area contributed by atoms with Gasteiger partial charge in [-0.1, -0.05) is 18.2 Å². The molecule has 2 aromatic heterocycles. The number of morpholine rings is 1. The van der Waals surface area contributed by atoms with Gasteiger partial charge in [0.05, 0.1) is 30.6 Å². The second-order valence-electron chi connectivity index (χ2n) is 8.90. The van der Waals surface area contributed by atoms with Crippen LogP contribution in [0.3, 0.4) is 0 Å². The number of benzene rings is 1. The summed E-state index contributed by atoms with van der Waals surface area (Å²) in [6.45, 7) is 6.82. The zero-order valence-corrected chi connectivity index (χ0v) is 20.1. The van der Waals surface area contributed by atoms with Gasteiger partial charge in [0, 0.05) is 39.3 Å². The van der Waals surface area contributed by atoms with Gasteiger partial charge >= 0.3 is 0 Å². The number of piperazine rings is 1. The van der Waals surface area contributed by atoms with Gasteiger partial charge in [-0.25, -0.2) is 9.67 Å². The monoisotopic (exact) mass is 487 g/mol. The molecule has 11 nitrogen and oxygen atoms in total. The fourth-order valence-electron chi connectivity index (χ4n) is 4.61. The molecule has 2 fully saturated rings. The van der Waals surface area contributed by atoms with Crippen molar-refractivity contribution in [3.63, 3.8) is 0 Å². The first-order valence-electron chi connectivity index (χ1n) is 11.5. The van der Waals surface area contributed by atoms with Crippen LogP contribution in [0.4, 0.5) is 0 Å². The summed E-state index contributed by atoms with van der Waals surface area (Å²) in [5.41, 5.74) is 1.09. The largest absolute Gasteiger partial charge is 0.373 e. The molecule has 0 spiro atoms. The third-order valence-corrected chi connectivity index (χ3v) is 8.20. The van der Waals surface area contributed by atoms with Crippen LogP contribution in [0.5, 0.6) is 0 Å². The Morgan fingerprint density at radius 1 is 1.03 bits per heavy atom. The molecule has 1 aromatic carbocycles. The third-order valence-electron chi connectivity index (χ3n) is 6.23. The van der Waals surface area contributed by atoms with Gasteiger partial charge in [0.1, 0.15) is 11.2 Å². The molecule has 5 rings (SSSR count). The molecule has 4 heterocycles. The van der Waals surface area contributed by atoms with E-state index in [-0.39, 0.29) is 17.8 Å². The first-order chi connectivity index (χ1) is 16.3. The minimum Gasteiger partial charge on any atom is -0.373 e. The number of nitrogens with one attached hydrogen (secondary N) is 1. The van der Waals surface area contributed by atoms with E-state index in [0.717, 1.165) is 5.69 Å². The number of fused-ring (bicyclic) bond motifs is 1. The van der Waals surface area contributed by atoms with Gasteiger partial charge in [0.15, 0.2) is 5.65 Å². The van der Waals surface area contributed by atoms with Crippen LogP contribution in [0.25, 0.3) is 16.7 Å². The Hall–Kier alpha value is -2.64. The number of ether oxygens (including phenoxy) is 1. The molecular weight excluding hydrogens is 458 g/mol. The molecule has 3 aromatic rings. The highest BCUT2D eigenvalue weighted by Gasteiger charge is 2.36. The lowest BCUT2D eigenvalue weighted by atomic mass is 10.3. The summed E-state index contributed by atoms with van der Waals surface area (Å²) in [6.07, 6.45) is 1.28. The Bertz CT molecular complexity index is 1310. The average molecular weight is 488 g/mol. The molecule has 34 heavy (non-hydrogen) atoms. The van der Waals surface area contributed by atoms with Crippen molar-refractivity contribution in [2.45, 2.75) is 32.6 Å². The Balaban J connectivity index is 1.28. The van der Waals surface area contributed by atoms with Crippen LogP contribution in [0.15, 0.2) is 41.3 Å². The molecule has 12 heteroatoms. The van der Waals surface area contributed by atoms with E-state index < -0.39 is 10.2 Å². The standard InChI is InChI=1S/C22H29N7O4S/c1-16-13-28(14-17(2)33-16)34(31,32)27-10-8-26(9-11-27)15-20-24-21-19(22(30)25-20)12-23-29(21)18-6-4-3-5-7-18/h3-7,12,16-17H,8-11,13-15H2,1-2H3,(H,24,25,30)/t16-,17+. The molecule has 0 amide bonds. The molecule has 182 valence electrons. The molecule has 0 saturated carbocycles. The molecular formula is C22H29N7O4S. The minimum absolute atomic E-state index is 0.123. The number of aromatic amines is 1. The fourth-order valence-corrected chi connectivity index (χ4v) is 6.36. The van der Waals surface area contributed by atoms with Crippen molar-refractivity contribution < 1.29 is 13.2 Å². The summed E-state index contributed by atoms with van der Waals surface area (Å²) in [7, 11) is -3.54. The number of rotatable bonds is 5. The van der Waals surface area contributed by atoms with Gasteiger partial charge in [-0.3, -0.25) is 9.69 Å². The summed E-state index contributed by atoms with van der Waals surface area (Å²) in [5, 5.41) is 4.77. The molecule has 1 N–H and O–H groups in total. The first kappa shape index (κ1) is 23.1. The normalized spacial score (nSPS) is 23.5. The predicted molar refractivity (Wildman–Crippen MR) is 127 cm³/mol. The minimum atomic E-state index is -3.54. The number of hydrogen-bond acceptors (Lipinski definition) is 7. The van der Waals surface area contributed by atoms with Gasteiger partial charge in [-0.15, -0.1) is 0 Å². The topological polar surface area (TPSA) is 117 Å². The number of H-pyrrole nitrogens is 1. The Labute approximate surface area is 198 Å². The zero-order chi connectivity index (χ0) is 23.9. The van der Waals surface area contributed by atoms with Gasteiger partial charge in [0.25, 0.3) is 15.8 Å². The lowest BCUT2D eigenvalue weighted by molar-refractivity contribution is -0.0457. The van der Waals surface area contributed by atoms with Crippen LogP contribution in [0.1, 0.15) is 19.7 Å². The molecule has 0 unspecified atom stereocenters. The average Bonchev–Trinajstić information content (AvgIpc) is 3.24. The number of hydrogen-bond donors (Lipinski definition) is 1. The fraction of sp³-hybridized carbons (Fsp3) is 0.500. The molecule has 2 atom stereocenters. The lowest BCUT2D eigenvalue weighted by Gasteiger charge is -2.40. The van der Waals surface area contributed by atoms with E-state index in [1.807, 2.05) is 44.2 Å². The van der Waals surface area contributed by atoms with Gasteiger partial charge < -0.3 is 9.72 Å². The highest BCUT2D eigenvalue weighted by Crippen LogP contribution is 2.20. The smallest absolute Gasteiger partial charge is 0.282 e. The van der Waals surface area contributed by atoms with Crippen molar-refractivity contribution in [1.29, 1.82) is 0 Å². The molecule has 0 bridgehead atoms. The van der Waals surface area contributed by atoms with Crippen LogP contribution < -0.4 is 5.56 Å². The maximum Gasteiger partial charge on any atom is 0.282 e. The van der Waals surface area contributed by atoms with Crippen molar-refractivity contribution in [2.24, 2.45) is 0 Å². The predicted octanol–water partition coefficient (Wildman–Crippen LogP) is 0.580. The van der Waals surface area contributed by atoms with Crippen LogP contribution >= 0.6 is 0 Å². The third kappa shape index (κ3) is 4.51. The first-order valence-corrected chi connectivity index (χ1v) is 12.9. The van der Waals surface area contributed by atoms with Crippen molar-refractivity contribution >= 4 is 21.2 Å². The second kappa shape index (κ2) is 9.19. The highest BCUT2D eigenvalue weighted by molar-refractivity contribution is 7.86. The maximum absolute atomic E-state index is 13.1. The molecule has 2 aliphatic rings. The van der Waals surface area contributed by atoms with Gasteiger partial charge in [0.2, 0.25) is 0 Å². The van der Waals surface area contributed by atoms with E-state index in [0.29, 0.717) is 62.7 Å². The second-order valence-corrected chi connectivity index (χ2v) is 10.8.